The third-order valence-electron chi connectivity index (χ3n) is 5.93. The molecule has 2 aliphatic rings. The van der Waals surface area contributed by atoms with Gasteiger partial charge in [-0.3, -0.25) is 3.97 Å². The van der Waals surface area contributed by atoms with Gasteiger partial charge < -0.3 is 25.0 Å². The van der Waals surface area contributed by atoms with Crippen LogP contribution < -0.4 is 10.6 Å². The summed E-state index contributed by atoms with van der Waals surface area (Å²) in [7, 11) is 1.57. The molecule has 2 fully saturated rings. The maximum Gasteiger partial charge on any atom is 0.410 e. The molecular weight excluding hydrogens is 637 g/mol. The summed E-state index contributed by atoms with van der Waals surface area (Å²) in [5.41, 5.74) is 7.54. The van der Waals surface area contributed by atoms with Crippen molar-refractivity contribution in [1.82, 2.24) is 23.8 Å². The van der Waals surface area contributed by atoms with E-state index in [-0.39, 0.29) is 17.7 Å². The summed E-state index contributed by atoms with van der Waals surface area (Å²) in [6.45, 7) is 11.6. The molecule has 0 bridgehead atoms. The van der Waals surface area contributed by atoms with E-state index in [1.165, 1.54) is 0 Å². The lowest BCUT2D eigenvalue weighted by Gasteiger charge is -2.34. The number of morpholine rings is 1. The van der Waals surface area contributed by atoms with Crippen LogP contribution in [0.3, 0.4) is 0 Å². The number of ether oxygens (including phenoxy) is 2. The minimum absolute atomic E-state index is 0.173. The average molecular weight is 672 g/mol. The molecule has 10 nitrogen and oxygen atoms in total. The van der Waals surface area contributed by atoms with Crippen molar-refractivity contribution in [3.05, 3.63) is 30.6 Å². The van der Waals surface area contributed by atoms with E-state index in [9.17, 15) is 4.79 Å². The third kappa shape index (κ3) is 7.36. The first kappa shape index (κ1) is 29.0. The first-order valence-corrected chi connectivity index (χ1v) is 16.9. The molecule has 2 aliphatic heterocycles. The van der Waals surface area contributed by atoms with Gasteiger partial charge in [-0.25, -0.2) is 19.7 Å². The van der Waals surface area contributed by atoms with E-state index in [0.717, 1.165) is 53.6 Å². The Morgan fingerprint density at radius 2 is 2.00 bits per heavy atom. The Labute approximate surface area is 244 Å². The van der Waals surface area contributed by atoms with Crippen LogP contribution in [0.1, 0.15) is 27.7 Å². The second-order valence-electron chi connectivity index (χ2n) is 9.98. The number of pyridine rings is 1. The highest BCUT2D eigenvalue weighted by atomic mass is 127. The molecule has 1 amide bonds. The van der Waals surface area contributed by atoms with E-state index in [1.807, 2.05) is 60.9 Å². The van der Waals surface area contributed by atoms with Crippen LogP contribution in [-0.4, -0.2) is 85.9 Å². The fourth-order valence-electron chi connectivity index (χ4n) is 4.13. The molecule has 0 aliphatic carbocycles. The average Bonchev–Trinajstić information content (AvgIpc) is 3.32. The molecule has 5 heterocycles. The van der Waals surface area contributed by atoms with Crippen molar-refractivity contribution in [2.24, 2.45) is 0 Å². The number of nitrogens with zero attached hydrogens (tertiary/aromatic N) is 6. The molecule has 1 atom stereocenters. The van der Waals surface area contributed by atoms with Gasteiger partial charge in [0, 0.05) is 90.9 Å². The van der Waals surface area contributed by atoms with Gasteiger partial charge in [-0.2, -0.15) is 11.8 Å². The zero-order valence-electron chi connectivity index (χ0n) is 22.1. The fraction of sp³-hybridized carbons (Fsp3) is 0.520. The Kier molecular flexibility index (Phi) is 9.87. The smallest absolute Gasteiger partial charge is 0.410 e. The Morgan fingerprint density at radius 1 is 1.24 bits per heavy atom. The first-order valence-electron chi connectivity index (χ1n) is 12.5. The fourth-order valence-corrected chi connectivity index (χ4v) is 6.30. The second kappa shape index (κ2) is 12.9. The van der Waals surface area contributed by atoms with Gasteiger partial charge in [0.1, 0.15) is 17.2 Å². The number of carbonyl (C=O) groups excluding carboxylic acids is 1. The van der Waals surface area contributed by atoms with Crippen molar-refractivity contribution in [2.45, 2.75) is 39.3 Å². The molecule has 0 aromatic carbocycles. The zero-order chi connectivity index (χ0) is 27.3. The second-order valence-corrected chi connectivity index (χ2v) is 12.9. The van der Waals surface area contributed by atoms with Crippen LogP contribution in [0.2, 0.25) is 0 Å². The molecule has 2 saturated heterocycles. The first-order chi connectivity index (χ1) is 18.2. The lowest BCUT2D eigenvalue weighted by Crippen LogP contribution is -2.44. The standard InChI is InChI=1S/C16H17IN6OS.C9H17NO2S/c1-10-9-24-7-6-22(10)14-8-13(18)20-15(21-14)11-2-4-19-16-12(11)3-5-23(16)25-17;1-9(2,3)12-8(11)10-4-6-13-7-5-10/h2-5,8,10H,6-7,9H2,1H3,(H2,18,20,21);4-7H2,1-3H3. The molecule has 1 unspecified atom stereocenters. The minimum atomic E-state index is -0.373. The number of hydrogen-bond acceptors (Lipinski definition) is 10. The van der Waals surface area contributed by atoms with Gasteiger partial charge >= 0.3 is 6.09 Å². The van der Waals surface area contributed by atoms with E-state index in [0.29, 0.717) is 24.9 Å². The van der Waals surface area contributed by atoms with E-state index in [2.05, 4.69) is 43.0 Å². The van der Waals surface area contributed by atoms with E-state index < -0.39 is 0 Å². The summed E-state index contributed by atoms with van der Waals surface area (Å²) in [5.74, 6) is 3.98. The molecule has 5 rings (SSSR count). The predicted molar refractivity (Wildman–Crippen MR) is 165 cm³/mol. The molecule has 0 radical (unpaired) electrons. The van der Waals surface area contributed by atoms with Crippen LogP contribution >= 0.6 is 42.1 Å². The molecule has 3 aromatic heterocycles. The molecule has 0 spiro atoms. The number of amides is 1. The highest BCUT2D eigenvalue weighted by Gasteiger charge is 2.24. The van der Waals surface area contributed by atoms with Gasteiger partial charge in [-0.05, 0) is 39.8 Å². The molecule has 206 valence electrons. The molecule has 13 heteroatoms. The Bertz CT molecular complexity index is 1250. The number of nitrogens with two attached hydrogens (primary N) is 1. The molecule has 38 heavy (non-hydrogen) atoms. The Hall–Kier alpha value is -1.97. The molecule has 3 aromatic rings. The largest absolute Gasteiger partial charge is 0.444 e. The summed E-state index contributed by atoms with van der Waals surface area (Å²) in [6, 6.07) is 6.05. The van der Waals surface area contributed by atoms with Crippen molar-refractivity contribution < 1.29 is 14.3 Å². The minimum Gasteiger partial charge on any atom is -0.444 e. The van der Waals surface area contributed by atoms with Gasteiger partial charge in [-0.1, -0.05) is 0 Å². The Balaban J connectivity index is 0.000000219. The third-order valence-corrected chi connectivity index (χ3v) is 8.59. The number of rotatable bonds is 3. The highest BCUT2D eigenvalue weighted by molar-refractivity contribution is 14.2. The summed E-state index contributed by atoms with van der Waals surface area (Å²) in [5, 5.41) is 1.01. The number of anilines is 2. The molecule has 2 N–H and O–H groups in total. The maximum atomic E-state index is 11.5. The SMILES string of the molecule is CC(C)(C)OC(=O)N1CCSCC1.CC1COCCN1c1cc(N)nc(-c2ccnc3c2ccn3SI)n1. The maximum absolute atomic E-state index is 11.5. The Morgan fingerprint density at radius 3 is 2.68 bits per heavy atom. The van der Waals surface area contributed by atoms with E-state index >= 15 is 0 Å². The van der Waals surface area contributed by atoms with Crippen molar-refractivity contribution >= 4 is 70.8 Å². The number of nitrogen functional groups attached to an aromatic ring is 1. The van der Waals surface area contributed by atoms with Crippen molar-refractivity contribution in [3.63, 3.8) is 0 Å². The monoisotopic (exact) mass is 671 g/mol. The highest BCUT2D eigenvalue weighted by Crippen LogP contribution is 2.31. The number of hydrogen-bond donors (Lipinski definition) is 1. The number of carbonyl (C=O) groups is 1. The van der Waals surface area contributed by atoms with Gasteiger partial charge in [0.2, 0.25) is 0 Å². The number of thioether (sulfide) groups is 1. The van der Waals surface area contributed by atoms with Crippen LogP contribution in [0.5, 0.6) is 0 Å². The summed E-state index contributed by atoms with van der Waals surface area (Å²) in [6.07, 6.45) is 3.60. The van der Waals surface area contributed by atoms with Crippen molar-refractivity contribution in [2.75, 3.05) is 55.0 Å². The summed E-state index contributed by atoms with van der Waals surface area (Å²) < 4.78 is 12.8. The molecular formula is C25H34IN7O3S2. The summed E-state index contributed by atoms with van der Waals surface area (Å²) in [4.78, 5) is 29.2. The summed E-state index contributed by atoms with van der Waals surface area (Å²) >= 11 is 4.12. The van der Waals surface area contributed by atoms with Crippen LogP contribution in [0, 0.1) is 0 Å². The van der Waals surface area contributed by atoms with Gasteiger partial charge in [0.15, 0.2) is 11.5 Å². The van der Waals surface area contributed by atoms with Crippen LogP contribution in [0.25, 0.3) is 22.4 Å². The topological polar surface area (TPSA) is 112 Å². The van der Waals surface area contributed by atoms with Gasteiger partial charge in [0.25, 0.3) is 0 Å². The van der Waals surface area contributed by atoms with Crippen LogP contribution in [0.4, 0.5) is 16.4 Å². The lowest BCUT2D eigenvalue weighted by molar-refractivity contribution is 0.0269. The quantitative estimate of drug-likeness (QED) is 0.377. The number of aromatic nitrogens is 4. The van der Waals surface area contributed by atoms with Crippen LogP contribution in [0.15, 0.2) is 30.6 Å². The number of halogens is 1. The van der Waals surface area contributed by atoms with Gasteiger partial charge in [-0.15, -0.1) is 0 Å². The van der Waals surface area contributed by atoms with E-state index in [4.69, 9.17) is 20.2 Å². The predicted octanol–water partition coefficient (Wildman–Crippen LogP) is 5.12. The molecule has 0 saturated carbocycles. The van der Waals surface area contributed by atoms with Crippen molar-refractivity contribution in [1.29, 1.82) is 0 Å². The zero-order valence-corrected chi connectivity index (χ0v) is 25.9. The number of fused-ring (bicyclic) bond motifs is 1. The van der Waals surface area contributed by atoms with Crippen molar-refractivity contribution in [3.8, 4) is 11.4 Å². The van der Waals surface area contributed by atoms with Gasteiger partial charge in [0.05, 0.1) is 19.3 Å². The lowest BCUT2D eigenvalue weighted by atomic mass is 10.1. The normalized spacial score (nSPS) is 18.2. The van der Waals surface area contributed by atoms with Crippen LogP contribution in [-0.2, 0) is 9.47 Å². The van der Waals surface area contributed by atoms with E-state index in [1.54, 1.807) is 20.2 Å².